The van der Waals surface area contributed by atoms with Crippen molar-refractivity contribution in [1.29, 1.82) is 0 Å². The molecule has 122 valence electrons. The number of carbonyl (C=O) groups is 1. The molecule has 0 aliphatic heterocycles. The van der Waals surface area contributed by atoms with Crippen molar-refractivity contribution in [3.63, 3.8) is 0 Å². The molecule has 0 saturated carbocycles. The van der Waals surface area contributed by atoms with E-state index in [1.807, 2.05) is 0 Å². The Kier molecular flexibility index (Phi) is 5.15. The van der Waals surface area contributed by atoms with Crippen molar-refractivity contribution in [3.8, 4) is 11.5 Å². The molecule has 2 aromatic carbocycles. The van der Waals surface area contributed by atoms with Gasteiger partial charge in [0, 0.05) is 5.56 Å². The molecule has 0 heterocycles. The molecule has 0 unspecified atom stereocenters. The zero-order valence-electron chi connectivity index (χ0n) is 12.0. The largest absolute Gasteiger partial charge is 0.493 e. The Morgan fingerprint density at radius 2 is 1.74 bits per heavy atom. The molecule has 0 fully saturated rings. The zero-order valence-corrected chi connectivity index (χ0v) is 12.7. The van der Waals surface area contributed by atoms with Crippen LogP contribution in [0.2, 0.25) is 0 Å². The van der Waals surface area contributed by atoms with Gasteiger partial charge in [0.15, 0.2) is 11.5 Å². The number of methoxy groups -OCH3 is 1. The lowest BCUT2D eigenvalue weighted by Crippen LogP contribution is -2.05. The third-order valence-corrected chi connectivity index (χ3v) is 3.28. The van der Waals surface area contributed by atoms with Crippen LogP contribution in [-0.2, 0) is 12.8 Å². The molecular formula is C16H12ClF3O3. The second-order valence-corrected chi connectivity index (χ2v) is 4.97. The lowest BCUT2D eigenvalue weighted by Gasteiger charge is -2.12. The summed E-state index contributed by atoms with van der Waals surface area (Å²) in [7, 11) is 1.41. The zero-order chi connectivity index (χ0) is 17.0. The van der Waals surface area contributed by atoms with E-state index in [0.29, 0.717) is 17.1 Å². The number of halogens is 4. The first-order chi connectivity index (χ1) is 10.8. The Morgan fingerprint density at radius 1 is 1.09 bits per heavy atom. The van der Waals surface area contributed by atoms with Crippen LogP contribution in [0.25, 0.3) is 0 Å². The van der Waals surface area contributed by atoms with Gasteiger partial charge in [0.1, 0.15) is 6.61 Å². The van der Waals surface area contributed by atoms with Gasteiger partial charge in [0.05, 0.1) is 12.7 Å². The van der Waals surface area contributed by atoms with Crippen LogP contribution < -0.4 is 9.47 Å². The minimum absolute atomic E-state index is 0.0582. The predicted octanol–water partition coefficient (Wildman–Crippen LogP) is 4.67. The Hall–Kier alpha value is -2.21. The average molecular weight is 345 g/mol. The second kappa shape index (κ2) is 6.91. The second-order valence-electron chi connectivity index (χ2n) is 4.62. The van der Waals surface area contributed by atoms with Gasteiger partial charge in [-0.2, -0.15) is 13.2 Å². The molecular weight excluding hydrogens is 333 g/mol. The minimum Gasteiger partial charge on any atom is -0.493 e. The summed E-state index contributed by atoms with van der Waals surface area (Å²) in [4.78, 5) is 11.1. The number of hydrogen-bond acceptors (Lipinski definition) is 3. The summed E-state index contributed by atoms with van der Waals surface area (Å²) in [6.45, 7) is 0.0582. The summed E-state index contributed by atoms with van der Waals surface area (Å²) in [5, 5.41) is -0.627. The predicted molar refractivity (Wildman–Crippen MR) is 79.0 cm³/mol. The van der Waals surface area contributed by atoms with E-state index in [-0.39, 0.29) is 12.2 Å². The standard InChI is InChI=1S/C16H12ClF3O3/c1-22-14-8-11(15(17)21)4-7-13(14)23-9-10-2-5-12(6-3-10)16(18,19)20/h2-8H,9H2,1H3. The summed E-state index contributed by atoms with van der Waals surface area (Å²) in [6, 6.07) is 9.07. The number of benzene rings is 2. The summed E-state index contributed by atoms with van der Waals surface area (Å²) < 4.78 is 48.1. The SMILES string of the molecule is COc1cc(C(=O)Cl)ccc1OCc1ccc(C(F)(F)F)cc1. The maximum atomic E-state index is 12.5. The first kappa shape index (κ1) is 17.1. The van der Waals surface area contributed by atoms with Crippen LogP contribution in [0.5, 0.6) is 11.5 Å². The molecule has 0 atom stereocenters. The van der Waals surface area contributed by atoms with Crippen LogP contribution >= 0.6 is 11.6 Å². The molecule has 0 aliphatic rings. The summed E-state index contributed by atoms with van der Waals surface area (Å²) >= 11 is 5.38. The van der Waals surface area contributed by atoms with Crippen molar-refractivity contribution < 1.29 is 27.4 Å². The van der Waals surface area contributed by atoms with Gasteiger partial charge >= 0.3 is 6.18 Å². The molecule has 0 spiro atoms. The number of hydrogen-bond donors (Lipinski definition) is 0. The minimum atomic E-state index is -4.37. The third-order valence-electron chi connectivity index (χ3n) is 3.07. The average Bonchev–Trinajstić information content (AvgIpc) is 2.52. The van der Waals surface area contributed by atoms with E-state index in [1.165, 1.54) is 37.4 Å². The molecule has 2 rings (SSSR count). The van der Waals surface area contributed by atoms with Gasteiger partial charge < -0.3 is 9.47 Å². The quantitative estimate of drug-likeness (QED) is 0.739. The van der Waals surface area contributed by atoms with Crippen LogP contribution in [0.1, 0.15) is 21.5 Å². The van der Waals surface area contributed by atoms with Crippen molar-refractivity contribution in [2.45, 2.75) is 12.8 Å². The first-order valence-electron chi connectivity index (χ1n) is 6.48. The molecule has 0 aliphatic carbocycles. The number of ether oxygens (including phenoxy) is 2. The van der Waals surface area contributed by atoms with E-state index in [2.05, 4.69) is 0 Å². The van der Waals surface area contributed by atoms with Crippen LogP contribution in [-0.4, -0.2) is 12.4 Å². The summed E-state index contributed by atoms with van der Waals surface area (Å²) in [6.07, 6.45) is -4.37. The molecule has 0 bridgehead atoms. The molecule has 7 heteroatoms. The van der Waals surface area contributed by atoms with Crippen LogP contribution in [0.4, 0.5) is 13.2 Å². The Bertz CT molecular complexity index is 697. The van der Waals surface area contributed by atoms with E-state index in [9.17, 15) is 18.0 Å². The van der Waals surface area contributed by atoms with Crippen molar-refractivity contribution in [1.82, 2.24) is 0 Å². The van der Waals surface area contributed by atoms with Gasteiger partial charge in [-0.3, -0.25) is 4.79 Å². The molecule has 0 saturated heterocycles. The lowest BCUT2D eigenvalue weighted by molar-refractivity contribution is -0.137. The smallest absolute Gasteiger partial charge is 0.416 e. The molecule has 23 heavy (non-hydrogen) atoms. The van der Waals surface area contributed by atoms with Gasteiger partial charge in [0.25, 0.3) is 5.24 Å². The monoisotopic (exact) mass is 344 g/mol. The molecule has 3 nitrogen and oxygen atoms in total. The highest BCUT2D eigenvalue weighted by Gasteiger charge is 2.29. The van der Waals surface area contributed by atoms with Gasteiger partial charge in [0.2, 0.25) is 0 Å². The number of rotatable bonds is 5. The van der Waals surface area contributed by atoms with E-state index in [4.69, 9.17) is 21.1 Å². The van der Waals surface area contributed by atoms with Gasteiger partial charge in [-0.05, 0) is 47.5 Å². The molecule has 0 radical (unpaired) electrons. The third kappa shape index (κ3) is 4.39. The van der Waals surface area contributed by atoms with Crippen molar-refractivity contribution in [2.24, 2.45) is 0 Å². The maximum Gasteiger partial charge on any atom is 0.416 e. The van der Waals surface area contributed by atoms with Gasteiger partial charge in [-0.25, -0.2) is 0 Å². The fourth-order valence-corrected chi connectivity index (χ4v) is 1.98. The maximum absolute atomic E-state index is 12.5. The first-order valence-corrected chi connectivity index (χ1v) is 6.86. The van der Waals surface area contributed by atoms with E-state index < -0.39 is 17.0 Å². The van der Waals surface area contributed by atoms with E-state index in [0.717, 1.165) is 12.1 Å². The fraction of sp³-hybridized carbons (Fsp3) is 0.188. The van der Waals surface area contributed by atoms with Gasteiger partial charge in [-0.15, -0.1) is 0 Å². The normalized spacial score (nSPS) is 11.2. The van der Waals surface area contributed by atoms with Crippen molar-refractivity contribution >= 4 is 16.8 Å². The molecule has 0 N–H and O–H groups in total. The Labute approximate surface area is 135 Å². The lowest BCUT2D eigenvalue weighted by atomic mass is 10.1. The Balaban J connectivity index is 2.10. The van der Waals surface area contributed by atoms with E-state index in [1.54, 1.807) is 0 Å². The summed E-state index contributed by atoms with van der Waals surface area (Å²) in [5.74, 6) is 0.664. The van der Waals surface area contributed by atoms with Crippen molar-refractivity contribution in [2.75, 3.05) is 7.11 Å². The van der Waals surface area contributed by atoms with Crippen LogP contribution in [0.3, 0.4) is 0 Å². The molecule has 0 aromatic heterocycles. The number of carbonyl (C=O) groups excluding carboxylic acids is 1. The molecule has 2 aromatic rings. The summed E-state index contributed by atoms with van der Waals surface area (Å²) in [5.41, 5.74) is 0.103. The number of alkyl halides is 3. The van der Waals surface area contributed by atoms with Gasteiger partial charge in [-0.1, -0.05) is 12.1 Å². The highest BCUT2D eigenvalue weighted by molar-refractivity contribution is 6.67. The fourth-order valence-electron chi connectivity index (χ4n) is 1.86. The highest BCUT2D eigenvalue weighted by Crippen LogP contribution is 2.31. The van der Waals surface area contributed by atoms with E-state index >= 15 is 0 Å². The topological polar surface area (TPSA) is 35.5 Å². The molecule has 0 amide bonds. The van der Waals surface area contributed by atoms with Crippen molar-refractivity contribution in [3.05, 3.63) is 59.2 Å². The van der Waals surface area contributed by atoms with Crippen LogP contribution in [0.15, 0.2) is 42.5 Å². The van der Waals surface area contributed by atoms with Crippen LogP contribution in [0, 0.1) is 0 Å². The highest BCUT2D eigenvalue weighted by atomic mass is 35.5. The Morgan fingerprint density at radius 3 is 2.26 bits per heavy atom.